The molecule has 1 atom stereocenters. The lowest BCUT2D eigenvalue weighted by Crippen LogP contribution is -2.23. The molecule has 0 aromatic carbocycles. The van der Waals surface area contributed by atoms with E-state index in [4.69, 9.17) is 5.73 Å². The number of ether oxygens (including phenoxy) is 1. The topological polar surface area (TPSA) is 57.2 Å². The summed E-state index contributed by atoms with van der Waals surface area (Å²) in [5, 5.41) is 0. The van der Waals surface area contributed by atoms with Crippen molar-refractivity contribution in [3.63, 3.8) is 0 Å². The molecule has 0 aliphatic heterocycles. The molecule has 0 aliphatic rings. The minimum atomic E-state index is -0.193. The van der Waals surface area contributed by atoms with E-state index < -0.39 is 0 Å². The first-order chi connectivity index (χ1) is 7.65. The van der Waals surface area contributed by atoms with Crippen LogP contribution in [0, 0.1) is 0 Å². The maximum Gasteiger partial charge on any atom is 0.305 e. The summed E-state index contributed by atoms with van der Waals surface area (Å²) in [4.78, 5) is 10.9. The van der Waals surface area contributed by atoms with E-state index in [1.165, 1.54) is 12.7 Å². The monoisotopic (exact) mass is 224 g/mol. The second-order valence-corrected chi connectivity index (χ2v) is 3.93. The zero-order valence-electron chi connectivity index (χ0n) is 9.98. The molecule has 0 saturated heterocycles. The van der Waals surface area contributed by atoms with E-state index >= 15 is 0 Å². The Hall–Kier alpha value is -1.29. The van der Waals surface area contributed by atoms with Gasteiger partial charge in [-0.15, -0.1) is 0 Å². The molecule has 0 aliphatic carbocycles. The molecular weight excluding hydrogens is 204 g/mol. The summed E-state index contributed by atoms with van der Waals surface area (Å²) in [6, 6.07) is 2.09. The standard InChI is InChI=1S/C12H20N2O2/c1-3-14-7-6-10(9-14)8-11(13)4-5-12(15)16-2/h6-7,9,11H,3-5,8,13H2,1-2H3. The molecule has 90 valence electrons. The molecule has 4 nitrogen and oxygen atoms in total. The second-order valence-electron chi connectivity index (χ2n) is 3.93. The molecular formula is C12H20N2O2. The summed E-state index contributed by atoms with van der Waals surface area (Å²) >= 11 is 0. The van der Waals surface area contributed by atoms with Gasteiger partial charge in [0, 0.05) is 31.4 Å². The van der Waals surface area contributed by atoms with Gasteiger partial charge in [0.2, 0.25) is 0 Å². The highest BCUT2D eigenvalue weighted by molar-refractivity contribution is 5.69. The molecule has 0 fully saturated rings. The number of methoxy groups -OCH3 is 1. The second kappa shape index (κ2) is 6.33. The molecule has 1 rings (SSSR count). The molecule has 1 aromatic rings. The van der Waals surface area contributed by atoms with Crippen molar-refractivity contribution < 1.29 is 9.53 Å². The SMILES string of the molecule is CCn1ccc(CC(N)CCC(=O)OC)c1. The van der Waals surface area contributed by atoms with Crippen LogP contribution in [-0.4, -0.2) is 23.7 Å². The molecule has 16 heavy (non-hydrogen) atoms. The molecule has 2 N–H and O–H groups in total. The quantitative estimate of drug-likeness (QED) is 0.742. The maximum atomic E-state index is 10.9. The van der Waals surface area contributed by atoms with Crippen LogP contribution in [0.15, 0.2) is 18.5 Å². The summed E-state index contributed by atoms with van der Waals surface area (Å²) in [5.74, 6) is -0.193. The van der Waals surface area contributed by atoms with Gasteiger partial charge in [0.1, 0.15) is 0 Å². The normalized spacial score (nSPS) is 12.4. The van der Waals surface area contributed by atoms with Gasteiger partial charge in [0.05, 0.1) is 7.11 Å². The van der Waals surface area contributed by atoms with Gasteiger partial charge < -0.3 is 15.0 Å². The van der Waals surface area contributed by atoms with Gasteiger partial charge in [-0.3, -0.25) is 4.79 Å². The molecule has 4 heteroatoms. The summed E-state index contributed by atoms with van der Waals surface area (Å²) < 4.78 is 6.69. The Morgan fingerprint density at radius 2 is 2.38 bits per heavy atom. The Morgan fingerprint density at radius 3 is 2.94 bits per heavy atom. The lowest BCUT2D eigenvalue weighted by atomic mass is 10.1. The average Bonchev–Trinajstić information content (AvgIpc) is 2.73. The number of aryl methyl sites for hydroxylation is 1. The number of esters is 1. The first kappa shape index (κ1) is 12.8. The van der Waals surface area contributed by atoms with Crippen LogP contribution in [0.3, 0.4) is 0 Å². The number of nitrogens with zero attached hydrogens (tertiary/aromatic N) is 1. The summed E-state index contributed by atoms with van der Waals surface area (Å²) in [5.41, 5.74) is 7.16. The number of carbonyl (C=O) groups excluding carboxylic acids is 1. The molecule has 0 radical (unpaired) electrons. The zero-order valence-corrected chi connectivity index (χ0v) is 9.98. The summed E-state index contributed by atoms with van der Waals surface area (Å²) in [6.45, 7) is 3.07. The molecule has 1 unspecified atom stereocenters. The molecule has 1 aromatic heterocycles. The molecule has 0 amide bonds. The van der Waals surface area contributed by atoms with E-state index in [0.29, 0.717) is 12.8 Å². The Kier molecular flexibility index (Phi) is 5.05. The van der Waals surface area contributed by atoms with Gasteiger partial charge in [-0.2, -0.15) is 0 Å². The van der Waals surface area contributed by atoms with E-state index in [9.17, 15) is 4.79 Å². The fourth-order valence-electron chi connectivity index (χ4n) is 1.62. The van der Waals surface area contributed by atoms with E-state index in [-0.39, 0.29) is 12.0 Å². The van der Waals surface area contributed by atoms with Gasteiger partial charge in [-0.05, 0) is 31.4 Å². The molecule has 0 saturated carbocycles. The number of carbonyl (C=O) groups is 1. The third-order valence-electron chi connectivity index (χ3n) is 2.62. The average molecular weight is 224 g/mol. The minimum absolute atomic E-state index is 0.0202. The van der Waals surface area contributed by atoms with E-state index in [1.807, 2.05) is 6.20 Å². The van der Waals surface area contributed by atoms with Gasteiger partial charge in [0.25, 0.3) is 0 Å². The van der Waals surface area contributed by atoms with Crippen molar-refractivity contribution in [1.29, 1.82) is 0 Å². The van der Waals surface area contributed by atoms with Gasteiger partial charge in [-0.1, -0.05) is 0 Å². The van der Waals surface area contributed by atoms with Crippen LogP contribution >= 0.6 is 0 Å². The van der Waals surface area contributed by atoms with Crippen molar-refractivity contribution in [3.05, 3.63) is 24.0 Å². The maximum absolute atomic E-state index is 10.9. The van der Waals surface area contributed by atoms with Crippen LogP contribution in [-0.2, 0) is 22.5 Å². The predicted octanol–water partition coefficient (Wildman–Crippen LogP) is 1.33. The van der Waals surface area contributed by atoms with Crippen molar-refractivity contribution in [2.75, 3.05) is 7.11 Å². The van der Waals surface area contributed by atoms with Crippen LogP contribution < -0.4 is 5.73 Å². The number of rotatable bonds is 6. The van der Waals surface area contributed by atoms with Crippen LogP contribution in [0.4, 0.5) is 0 Å². The van der Waals surface area contributed by atoms with E-state index in [2.05, 4.69) is 28.5 Å². The first-order valence-electron chi connectivity index (χ1n) is 5.62. The largest absolute Gasteiger partial charge is 0.469 e. The number of aromatic nitrogens is 1. The molecule has 0 bridgehead atoms. The van der Waals surface area contributed by atoms with Gasteiger partial charge in [-0.25, -0.2) is 0 Å². The lowest BCUT2D eigenvalue weighted by molar-refractivity contribution is -0.140. The third-order valence-corrected chi connectivity index (χ3v) is 2.62. The highest BCUT2D eigenvalue weighted by Gasteiger charge is 2.08. The van der Waals surface area contributed by atoms with Crippen LogP contribution in [0.25, 0.3) is 0 Å². The zero-order chi connectivity index (χ0) is 12.0. The Balaban J connectivity index is 2.33. The predicted molar refractivity (Wildman–Crippen MR) is 63.0 cm³/mol. The lowest BCUT2D eigenvalue weighted by Gasteiger charge is -2.09. The summed E-state index contributed by atoms with van der Waals surface area (Å²) in [6.07, 6.45) is 6.01. The van der Waals surface area contributed by atoms with Crippen molar-refractivity contribution in [2.45, 2.75) is 38.8 Å². The van der Waals surface area contributed by atoms with Crippen molar-refractivity contribution >= 4 is 5.97 Å². The highest BCUT2D eigenvalue weighted by Crippen LogP contribution is 2.07. The number of nitrogens with two attached hydrogens (primary N) is 1. The fraction of sp³-hybridized carbons (Fsp3) is 0.583. The fourth-order valence-corrected chi connectivity index (χ4v) is 1.62. The Morgan fingerprint density at radius 1 is 1.62 bits per heavy atom. The van der Waals surface area contributed by atoms with E-state index in [1.54, 1.807) is 0 Å². The van der Waals surface area contributed by atoms with Crippen molar-refractivity contribution in [2.24, 2.45) is 5.73 Å². The number of hydrogen-bond donors (Lipinski definition) is 1. The minimum Gasteiger partial charge on any atom is -0.469 e. The third kappa shape index (κ3) is 4.06. The van der Waals surface area contributed by atoms with Crippen LogP contribution in [0.5, 0.6) is 0 Å². The Bertz CT molecular complexity index is 334. The van der Waals surface area contributed by atoms with E-state index in [0.717, 1.165) is 13.0 Å². The number of hydrogen-bond acceptors (Lipinski definition) is 3. The van der Waals surface area contributed by atoms with Crippen LogP contribution in [0.1, 0.15) is 25.3 Å². The smallest absolute Gasteiger partial charge is 0.305 e. The van der Waals surface area contributed by atoms with Crippen LogP contribution in [0.2, 0.25) is 0 Å². The molecule has 0 spiro atoms. The first-order valence-corrected chi connectivity index (χ1v) is 5.62. The highest BCUT2D eigenvalue weighted by atomic mass is 16.5. The van der Waals surface area contributed by atoms with Gasteiger partial charge in [0.15, 0.2) is 0 Å². The van der Waals surface area contributed by atoms with Crippen molar-refractivity contribution in [1.82, 2.24) is 4.57 Å². The summed E-state index contributed by atoms with van der Waals surface area (Å²) in [7, 11) is 1.40. The Labute approximate surface area is 96.4 Å². The molecule has 1 heterocycles. The van der Waals surface area contributed by atoms with Crippen molar-refractivity contribution in [3.8, 4) is 0 Å². The van der Waals surface area contributed by atoms with Gasteiger partial charge >= 0.3 is 5.97 Å².